The van der Waals surface area contributed by atoms with E-state index in [1.54, 1.807) is 6.07 Å². The molecular weight excluding hydrogens is 233 g/mol. The van der Waals surface area contributed by atoms with Gasteiger partial charge in [-0.2, -0.15) is 5.10 Å². The normalized spacial score (nSPS) is 10.1. The van der Waals surface area contributed by atoms with Crippen molar-refractivity contribution in [2.24, 2.45) is 0 Å². The maximum Gasteiger partial charge on any atom is 0.258 e. The third-order valence-corrected chi connectivity index (χ3v) is 2.24. The number of benzene rings is 1. The second-order valence-electron chi connectivity index (χ2n) is 3.05. The van der Waals surface area contributed by atoms with Crippen LogP contribution in [0.1, 0.15) is 10.4 Å². The summed E-state index contributed by atoms with van der Waals surface area (Å²) < 4.78 is 12.8. The van der Waals surface area contributed by atoms with Gasteiger partial charge in [0, 0.05) is 6.07 Å². The molecule has 0 bridgehead atoms. The van der Waals surface area contributed by atoms with Crippen LogP contribution in [0.25, 0.3) is 0 Å². The Kier molecular flexibility index (Phi) is 2.87. The molecule has 0 saturated carbocycles. The van der Waals surface area contributed by atoms with Crippen LogP contribution in [-0.2, 0) is 0 Å². The van der Waals surface area contributed by atoms with Crippen molar-refractivity contribution in [1.29, 1.82) is 0 Å². The lowest BCUT2D eigenvalue weighted by Crippen LogP contribution is -2.12. The van der Waals surface area contributed by atoms with Gasteiger partial charge < -0.3 is 5.32 Å². The van der Waals surface area contributed by atoms with Crippen LogP contribution >= 0.6 is 11.6 Å². The molecule has 4 nitrogen and oxygen atoms in total. The van der Waals surface area contributed by atoms with E-state index in [0.29, 0.717) is 5.82 Å². The number of carbonyl (C=O) groups excluding carboxylic acids is 1. The average Bonchev–Trinajstić information content (AvgIpc) is 2.70. The number of hydrogen-bond acceptors (Lipinski definition) is 2. The van der Waals surface area contributed by atoms with Crippen molar-refractivity contribution in [3.05, 3.63) is 46.9 Å². The standard InChI is InChI=1S/C10H7ClFN3O/c11-8-5-6(12)1-2-7(8)10(16)14-9-3-4-13-15-9/h1-5H,(H2,13,14,15,16). The first-order valence-corrected chi connectivity index (χ1v) is 4.80. The fraction of sp³-hybridized carbons (Fsp3) is 0. The van der Waals surface area contributed by atoms with E-state index in [2.05, 4.69) is 15.5 Å². The van der Waals surface area contributed by atoms with Gasteiger partial charge in [0.25, 0.3) is 5.91 Å². The van der Waals surface area contributed by atoms with Gasteiger partial charge in [-0.3, -0.25) is 9.89 Å². The molecule has 0 fully saturated rings. The summed E-state index contributed by atoms with van der Waals surface area (Å²) >= 11 is 5.74. The van der Waals surface area contributed by atoms with E-state index in [1.165, 1.54) is 18.3 Å². The molecule has 1 aromatic carbocycles. The van der Waals surface area contributed by atoms with Crippen LogP contribution in [0.5, 0.6) is 0 Å². The lowest BCUT2D eigenvalue weighted by atomic mass is 10.2. The molecule has 0 aliphatic carbocycles. The van der Waals surface area contributed by atoms with Crippen LogP contribution in [0.3, 0.4) is 0 Å². The summed E-state index contributed by atoms with van der Waals surface area (Å²) in [4.78, 5) is 11.7. The highest BCUT2D eigenvalue weighted by Crippen LogP contribution is 2.18. The Hall–Kier alpha value is -1.88. The van der Waals surface area contributed by atoms with Gasteiger partial charge in [0.15, 0.2) is 0 Å². The van der Waals surface area contributed by atoms with Crippen molar-refractivity contribution in [1.82, 2.24) is 10.2 Å². The summed E-state index contributed by atoms with van der Waals surface area (Å²) in [6.07, 6.45) is 1.50. The Morgan fingerprint density at radius 1 is 1.44 bits per heavy atom. The fourth-order valence-electron chi connectivity index (χ4n) is 1.19. The number of aromatic amines is 1. The molecule has 2 N–H and O–H groups in total. The second kappa shape index (κ2) is 4.32. The number of nitrogens with zero attached hydrogens (tertiary/aromatic N) is 1. The number of H-pyrrole nitrogens is 1. The Balaban J connectivity index is 2.21. The molecule has 1 heterocycles. The van der Waals surface area contributed by atoms with Gasteiger partial charge in [0.1, 0.15) is 11.6 Å². The summed E-state index contributed by atoms with van der Waals surface area (Å²) in [7, 11) is 0. The molecule has 0 atom stereocenters. The smallest absolute Gasteiger partial charge is 0.258 e. The molecule has 0 aliphatic rings. The molecule has 0 saturated heterocycles. The number of carbonyl (C=O) groups is 1. The molecule has 1 amide bonds. The van der Waals surface area contributed by atoms with Crippen LogP contribution in [0.4, 0.5) is 10.2 Å². The number of amides is 1. The lowest BCUT2D eigenvalue weighted by Gasteiger charge is -2.04. The largest absolute Gasteiger partial charge is 0.307 e. The molecule has 0 radical (unpaired) electrons. The minimum Gasteiger partial charge on any atom is -0.307 e. The molecule has 16 heavy (non-hydrogen) atoms. The minimum atomic E-state index is -0.483. The molecule has 0 spiro atoms. The summed E-state index contributed by atoms with van der Waals surface area (Å²) in [5.41, 5.74) is 0.206. The summed E-state index contributed by atoms with van der Waals surface area (Å²) in [5.74, 6) is -0.456. The average molecular weight is 240 g/mol. The van der Waals surface area contributed by atoms with E-state index in [-0.39, 0.29) is 10.6 Å². The van der Waals surface area contributed by atoms with Crippen LogP contribution in [-0.4, -0.2) is 16.1 Å². The minimum absolute atomic E-state index is 0.0667. The van der Waals surface area contributed by atoms with E-state index in [1.807, 2.05) is 0 Å². The zero-order valence-corrected chi connectivity index (χ0v) is 8.75. The summed E-state index contributed by atoms with van der Waals surface area (Å²) in [6.45, 7) is 0. The number of aromatic nitrogens is 2. The van der Waals surface area contributed by atoms with Gasteiger partial charge in [-0.15, -0.1) is 0 Å². The van der Waals surface area contributed by atoms with Crippen molar-refractivity contribution in [3.63, 3.8) is 0 Å². The van der Waals surface area contributed by atoms with Gasteiger partial charge in [-0.1, -0.05) is 11.6 Å². The van der Waals surface area contributed by atoms with Crippen LogP contribution in [0.15, 0.2) is 30.5 Å². The molecule has 0 unspecified atom stereocenters. The summed E-state index contributed by atoms with van der Waals surface area (Å²) in [6, 6.07) is 5.18. The molecule has 6 heteroatoms. The predicted octanol–water partition coefficient (Wildman–Crippen LogP) is 2.45. The second-order valence-corrected chi connectivity index (χ2v) is 3.46. The Labute approximate surface area is 95.4 Å². The zero-order chi connectivity index (χ0) is 11.5. The number of nitrogens with one attached hydrogen (secondary N) is 2. The SMILES string of the molecule is O=C(Nc1ccn[nH]1)c1ccc(F)cc1Cl. The van der Waals surface area contributed by atoms with E-state index in [0.717, 1.165) is 6.07 Å². The maximum atomic E-state index is 12.8. The van der Waals surface area contributed by atoms with Gasteiger partial charge in [-0.05, 0) is 18.2 Å². The van der Waals surface area contributed by atoms with Crippen LogP contribution < -0.4 is 5.32 Å². The number of hydrogen-bond donors (Lipinski definition) is 2. The quantitative estimate of drug-likeness (QED) is 0.846. The Morgan fingerprint density at radius 2 is 2.25 bits per heavy atom. The van der Waals surface area contributed by atoms with E-state index >= 15 is 0 Å². The zero-order valence-electron chi connectivity index (χ0n) is 8.00. The first kappa shape index (κ1) is 10.6. The molecule has 2 aromatic rings. The van der Waals surface area contributed by atoms with Crippen molar-refractivity contribution >= 4 is 23.3 Å². The molecule has 0 aliphatic heterocycles. The van der Waals surface area contributed by atoms with E-state index in [9.17, 15) is 9.18 Å². The molecular formula is C10H7ClFN3O. The number of rotatable bonds is 2. The fourth-order valence-corrected chi connectivity index (χ4v) is 1.44. The van der Waals surface area contributed by atoms with Gasteiger partial charge in [0.2, 0.25) is 0 Å². The Morgan fingerprint density at radius 3 is 2.88 bits per heavy atom. The third kappa shape index (κ3) is 2.20. The van der Waals surface area contributed by atoms with E-state index < -0.39 is 11.7 Å². The van der Waals surface area contributed by atoms with Gasteiger partial charge in [0.05, 0.1) is 16.8 Å². The Bertz CT molecular complexity index is 513. The molecule has 2 rings (SSSR count). The van der Waals surface area contributed by atoms with E-state index in [4.69, 9.17) is 11.6 Å². The highest BCUT2D eigenvalue weighted by molar-refractivity contribution is 6.34. The highest BCUT2D eigenvalue weighted by atomic mass is 35.5. The molecule has 1 aromatic heterocycles. The van der Waals surface area contributed by atoms with Crippen molar-refractivity contribution in [2.45, 2.75) is 0 Å². The monoisotopic (exact) mass is 239 g/mol. The first-order chi connectivity index (χ1) is 7.66. The third-order valence-electron chi connectivity index (χ3n) is 1.92. The lowest BCUT2D eigenvalue weighted by molar-refractivity contribution is 0.102. The highest BCUT2D eigenvalue weighted by Gasteiger charge is 2.11. The van der Waals surface area contributed by atoms with Gasteiger partial charge in [-0.25, -0.2) is 4.39 Å². The number of halogens is 2. The maximum absolute atomic E-state index is 12.8. The van der Waals surface area contributed by atoms with Crippen LogP contribution in [0.2, 0.25) is 5.02 Å². The number of anilines is 1. The van der Waals surface area contributed by atoms with Crippen molar-refractivity contribution < 1.29 is 9.18 Å². The first-order valence-electron chi connectivity index (χ1n) is 4.42. The van der Waals surface area contributed by atoms with Crippen molar-refractivity contribution in [2.75, 3.05) is 5.32 Å². The summed E-state index contributed by atoms with van der Waals surface area (Å²) in [5, 5.41) is 8.84. The van der Waals surface area contributed by atoms with Crippen LogP contribution in [0, 0.1) is 5.82 Å². The van der Waals surface area contributed by atoms with Crippen molar-refractivity contribution in [3.8, 4) is 0 Å². The predicted molar refractivity (Wildman–Crippen MR) is 58.0 cm³/mol. The topological polar surface area (TPSA) is 57.8 Å². The molecule has 82 valence electrons. The van der Waals surface area contributed by atoms with Gasteiger partial charge >= 0.3 is 0 Å².